The van der Waals surface area contributed by atoms with Gasteiger partial charge in [0.15, 0.2) is 0 Å². The van der Waals surface area contributed by atoms with Crippen LogP contribution in [0.4, 0.5) is 10.1 Å². The molecule has 0 saturated carbocycles. The maximum absolute atomic E-state index is 13.6. The molecule has 1 fully saturated rings. The summed E-state index contributed by atoms with van der Waals surface area (Å²) in [6.45, 7) is 2.21. The molecule has 1 aliphatic heterocycles. The van der Waals surface area contributed by atoms with E-state index >= 15 is 0 Å². The lowest BCUT2D eigenvalue weighted by Crippen LogP contribution is -2.30. The molecule has 3 aromatic rings. The Balaban J connectivity index is 1.43. The number of nitrogens with zero attached hydrogens (tertiary/aromatic N) is 2. The SMILES string of the molecule is COCCO[C@H]1CCN(C(=O)c2ccc(N/C=C(\N=N)c3cc4cc(F)ccc4[nH]c3=O)cc2)C1. The summed E-state index contributed by atoms with van der Waals surface area (Å²) in [4.78, 5) is 29.7. The first-order valence-corrected chi connectivity index (χ1v) is 11.2. The highest BCUT2D eigenvalue weighted by Crippen LogP contribution is 2.20. The Morgan fingerprint density at radius 3 is 2.80 bits per heavy atom. The zero-order valence-corrected chi connectivity index (χ0v) is 19.2. The van der Waals surface area contributed by atoms with E-state index in [0.29, 0.717) is 48.5 Å². The summed E-state index contributed by atoms with van der Waals surface area (Å²) in [5.41, 5.74) is 8.95. The second-order valence-electron chi connectivity index (χ2n) is 8.13. The number of amides is 1. The van der Waals surface area contributed by atoms with Crippen molar-refractivity contribution in [2.75, 3.05) is 38.7 Å². The van der Waals surface area contributed by atoms with Crippen LogP contribution < -0.4 is 10.9 Å². The number of nitrogens with one attached hydrogen (secondary N) is 3. The fourth-order valence-electron chi connectivity index (χ4n) is 3.93. The molecule has 0 spiro atoms. The number of anilines is 1. The topological polar surface area (TPSA) is 120 Å². The lowest BCUT2D eigenvalue weighted by Gasteiger charge is -2.17. The summed E-state index contributed by atoms with van der Waals surface area (Å²) < 4.78 is 24.3. The predicted molar refractivity (Wildman–Crippen MR) is 130 cm³/mol. The normalized spacial score (nSPS) is 16.0. The number of benzene rings is 2. The summed E-state index contributed by atoms with van der Waals surface area (Å²) in [7, 11) is 1.62. The molecule has 10 heteroatoms. The standard InChI is InChI=1S/C25H26FN5O4/c1-34-10-11-35-20-8-9-31(15-20)25(33)16-2-5-19(6-3-16)28-14-23(30-27)21-13-17-12-18(26)4-7-22(17)29-24(21)32/h2-7,12-14,20,27-28H,8-11,15H2,1H3,(H,29,32)/b23-14-,30-27?/t20-/m0/s1. The molecular weight excluding hydrogens is 453 g/mol. The molecule has 0 unspecified atom stereocenters. The molecule has 2 aromatic carbocycles. The van der Waals surface area contributed by atoms with Gasteiger partial charge in [0.1, 0.15) is 11.5 Å². The number of carbonyl (C=O) groups is 1. The van der Waals surface area contributed by atoms with Crippen molar-refractivity contribution in [2.24, 2.45) is 5.11 Å². The molecule has 1 aromatic heterocycles. The molecule has 1 saturated heterocycles. The second kappa shape index (κ2) is 11.0. The Hall–Kier alpha value is -3.89. The minimum atomic E-state index is -0.441. The van der Waals surface area contributed by atoms with Gasteiger partial charge in [0.2, 0.25) is 0 Å². The van der Waals surface area contributed by atoms with Crippen LogP contribution in [-0.2, 0) is 9.47 Å². The summed E-state index contributed by atoms with van der Waals surface area (Å²) >= 11 is 0. The molecule has 4 rings (SSSR count). The number of pyridine rings is 1. The van der Waals surface area contributed by atoms with Gasteiger partial charge in [0.25, 0.3) is 11.5 Å². The minimum Gasteiger partial charge on any atom is -0.382 e. The molecular formula is C25H26FN5O4. The molecule has 3 N–H and O–H groups in total. The zero-order valence-electron chi connectivity index (χ0n) is 19.2. The first kappa shape index (κ1) is 24.2. The fourth-order valence-corrected chi connectivity index (χ4v) is 3.93. The molecule has 1 atom stereocenters. The van der Waals surface area contributed by atoms with Gasteiger partial charge >= 0.3 is 0 Å². The number of fused-ring (bicyclic) bond motifs is 1. The van der Waals surface area contributed by atoms with Gasteiger partial charge in [-0.3, -0.25) is 9.59 Å². The number of carbonyl (C=O) groups excluding carboxylic acids is 1. The van der Waals surface area contributed by atoms with E-state index in [1.165, 1.54) is 30.5 Å². The Kier molecular flexibility index (Phi) is 7.64. The predicted octanol–water partition coefficient (Wildman–Crippen LogP) is 3.99. The van der Waals surface area contributed by atoms with Crippen LogP contribution in [0.5, 0.6) is 0 Å². The van der Waals surface area contributed by atoms with Crippen LogP contribution in [0.3, 0.4) is 0 Å². The molecule has 0 bridgehead atoms. The molecule has 1 amide bonds. The fraction of sp³-hybridized carbons (Fsp3) is 0.280. The Labute approximate surface area is 201 Å². The quantitative estimate of drug-likeness (QED) is 0.317. The van der Waals surface area contributed by atoms with Crippen molar-refractivity contribution in [2.45, 2.75) is 12.5 Å². The van der Waals surface area contributed by atoms with Crippen LogP contribution in [0, 0.1) is 11.3 Å². The number of ether oxygens (including phenoxy) is 2. The second-order valence-corrected chi connectivity index (χ2v) is 8.13. The number of hydrogen-bond acceptors (Lipinski definition) is 7. The third kappa shape index (κ3) is 5.79. The van der Waals surface area contributed by atoms with Gasteiger partial charge in [-0.25, -0.2) is 9.92 Å². The highest BCUT2D eigenvalue weighted by atomic mass is 19.1. The van der Waals surface area contributed by atoms with E-state index < -0.39 is 11.4 Å². The number of H-pyrrole nitrogens is 1. The highest BCUT2D eigenvalue weighted by molar-refractivity contribution is 5.94. The van der Waals surface area contributed by atoms with E-state index in [1.54, 1.807) is 36.3 Å². The number of halogens is 1. The van der Waals surface area contributed by atoms with Crippen LogP contribution >= 0.6 is 0 Å². The monoisotopic (exact) mass is 479 g/mol. The van der Waals surface area contributed by atoms with Crippen molar-refractivity contribution in [1.29, 1.82) is 5.53 Å². The lowest BCUT2D eigenvalue weighted by molar-refractivity contribution is 0.0218. The van der Waals surface area contributed by atoms with Crippen molar-refractivity contribution >= 4 is 28.2 Å². The number of rotatable bonds is 9. The van der Waals surface area contributed by atoms with E-state index in [1.807, 2.05) is 0 Å². The van der Waals surface area contributed by atoms with Gasteiger partial charge < -0.3 is 24.7 Å². The van der Waals surface area contributed by atoms with Crippen LogP contribution in [0.25, 0.3) is 16.6 Å². The summed E-state index contributed by atoms with van der Waals surface area (Å²) in [6.07, 6.45) is 2.23. The van der Waals surface area contributed by atoms with Crippen molar-refractivity contribution in [3.8, 4) is 0 Å². The van der Waals surface area contributed by atoms with Crippen molar-refractivity contribution in [3.05, 3.63) is 82.0 Å². The molecule has 9 nitrogen and oxygen atoms in total. The van der Waals surface area contributed by atoms with Gasteiger partial charge in [-0.2, -0.15) is 5.11 Å². The molecule has 182 valence electrons. The minimum absolute atomic E-state index is 0.0157. The number of hydrogen-bond donors (Lipinski definition) is 3. The summed E-state index contributed by atoms with van der Waals surface area (Å²) in [5, 5.41) is 6.93. The first-order valence-electron chi connectivity index (χ1n) is 11.2. The Morgan fingerprint density at radius 1 is 1.26 bits per heavy atom. The van der Waals surface area contributed by atoms with Crippen molar-refractivity contribution < 1.29 is 18.7 Å². The van der Waals surface area contributed by atoms with E-state index in [-0.39, 0.29) is 23.3 Å². The zero-order chi connectivity index (χ0) is 24.8. The average molecular weight is 480 g/mol. The van der Waals surface area contributed by atoms with Crippen molar-refractivity contribution in [3.63, 3.8) is 0 Å². The van der Waals surface area contributed by atoms with E-state index in [4.69, 9.17) is 15.0 Å². The van der Waals surface area contributed by atoms with Gasteiger partial charge in [-0.15, -0.1) is 0 Å². The van der Waals surface area contributed by atoms with E-state index in [9.17, 15) is 14.0 Å². The Morgan fingerprint density at radius 2 is 2.06 bits per heavy atom. The number of aromatic nitrogens is 1. The van der Waals surface area contributed by atoms with Crippen LogP contribution in [0.15, 0.2) is 64.6 Å². The van der Waals surface area contributed by atoms with E-state index in [0.717, 1.165) is 6.42 Å². The summed E-state index contributed by atoms with van der Waals surface area (Å²) in [6, 6.07) is 12.4. The highest BCUT2D eigenvalue weighted by Gasteiger charge is 2.27. The molecule has 1 aliphatic rings. The van der Waals surface area contributed by atoms with Gasteiger partial charge in [-0.05, 0) is 55.0 Å². The molecule has 0 radical (unpaired) electrons. The smallest absolute Gasteiger partial charge is 0.258 e. The van der Waals surface area contributed by atoms with Gasteiger partial charge in [-0.1, -0.05) is 0 Å². The van der Waals surface area contributed by atoms with Crippen LogP contribution in [-0.4, -0.2) is 55.3 Å². The van der Waals surface area contributed by atoms with Crippen LogP contribution in [0.2, 0.25) is 0 Å². The summed E-state index contributed by atoms with van der Waals surface area (Å²) in [5.74, 6) is -0.499. The van der Waals surface area contributed by atoms with E-state index in [2.05, 4.69) is 15.4 Å². The number of aromatic amines is 1. The van der Waals surface area contributed by atoms with Gasteiger partial charge in [0.05, 0.1) is 24.9 Å². The largest absolute Gasteiger partial charge is 0.382 e. The van der Waals surface area contributed by atoms with Gasteiger partial charge in [0, 0.05) is 48.6 Å². The molecule has 35 heavy (non-hydrogen) atoms. The molecule has 0 aliphatic carbocycles. The molecule has 2 heterocycles. The first-order chi connectivity index (χ1) is 17.0. The maximum Gasteiger partial charge on any atom is 0.258 e. The van der Waals surface area contributed by atoms with Crippen LogP contribution in [0.1, 0.15) is 22.3 Å². The maximum atomic E-state index is 13.6. The number of likely N-dealkylation sites (tertiary alicyclic amines) is 1. The third-order valence-electron chi connectivity index (χ3n) is 5.78. The average Bonchev–Trinajstić information content (AvgIpc) is 3.34. The lowest BCUT2D eigenvalue weighted by atomic mass is 10.1. The third-order valence-corrected chi connectivity index (χ3v) is 5.78. The Bertz CT molecular complexity index is 1310. The number of methoxy groups -OCH3 is 1. The van der Waals surface area contributed by atoms with Crippen molar-refractivity contribution in [1.82, 2.24) is 9.88 Å².